The van der Waals surface area contributed by atoms with E-state index >= 15 is 0 Å². The lowest BCUT2D eigenvalue weighted by molar-refractivity contribution is -0.136. The van der Waals surface area contributed by atoms with E-state index in [1.807, 2.05) is 0 Å². The highest BCUT2D eigenvalue weighted by Crippen LogP contribution is 2.19. The summed E-state index contributed by atoms with van der Waals surface area (Å²) in [5.74, 6) is -2.98. The van der Waals surface area contributed by atoms with Crippen LogP contribution in [-0.2, 0) is 11.2 Å². The van der Waals surface area contributed by atoms with Crippen LogP contribution in [0.5, 0.6) is 0 Å². The second-order valence-electron chi connectivity index (χ2n) is 3.35. The molecule has 5 heteroatoms. The van der Waals surface area contributed by atoms with Crippen LogP contribution < -0.4 is 0 Å². The lowest BCUT2D eigenvalue weighted by atomic mass is 10.1. The Bertz CT molecular complexity index is 569. The maximum atomic E-state index is 13.2. The first-order valence-electron chi connectivity index (χ1n) is 4.52. The Balaban J connectivity index is 2.56. The number of pyridine rings is 1. The van der Waals surface area contributed by atoms with E-state index in [0.29, 0.717) is 10.9 Å². The van der Waals surface area contributed by atoms with Crippen molar-refractivity contribution in [3.8, 4) is 0 Å². The summed E-state index contributed by atoms with van der Waals surface area (Å²) in [6.45, 7) is 0. The molecule has 0 spiro atoms. The van der Waals surface area contributed by atoms with Gasteiger partial charge in [0.15, 0.2) is 11.6 Å². The molecular weight excluding hydrogens is 216 g/mol. The van der Waals surface area contributed by atoms with Gasteiger partial charge in [-0.05, 0) is 23.8 Å². The highest BCUT2D eigenvalue weighted by Gasteiger charge is 2.09. The fourth-order valence-corrected chi connectivity index (χ4v) is 1.46. The van der Waals surface area contributed by atoms with Gasteiger partial charge in [-0.25, -0.2) is 8.78 Å². The summed E-state index contributed by atoms with van der Waals surface area (Å²) >= 11 is 0. The second kappa shape index (κ2) is 3.84. The number of carboxylic acids is 1. The first-order chi connectivity index (χ1) is 7.58. The van der Waals surface area contributed by atoms with Crippen LogP contribution in [0.15, 0.2) is 24.4 Å². The zero-order valence-corrected chi connectivity index (χ0v) is 8.08. The summed E-state index contributed by atoms with van der Waals surface area (Å²) in [5.41, 5.74) is 0.361. The van der Waals surface area contributed by atoms with Gasteiger partial charge in [-0.2, -0.15) is 0 Å². The first kappa shape index (κ1) is 10.5. The number of carbonyl (C=O) groups is 1. The number of carboxylic acid groups (broad SMARTS) is 1. The molecule has 0 radical (unpaired) electrons. The Morgan fingerprint density at radius 1 is 1.38 bits per heavy atom. The molecule has 0 bridgehead atoms. The predicted molar refractivity (Wildman–Crippen MR) is 53.0 cm³/mol. The van der Waals surface area contributed by atoms with Crippen molar-refractivity contribution in [1.82, 2.24) is 4.98 Å². The number of nitrogens with zero attached hydrogens (tertiary/aromatic N) is 1. The van der Waals surface area contributed by atoms with Crippen LogP contribution in [0.1, 0.15) is 5.56 Å². The molecule has 0 unspecified atom stereocenters. The largest absolute Gasteiger partial charge is 0.481 e. The van der Waals surface area contributed by atoms with Crippen molar-refractivity contribution in [2.75, 3.05) is 0 Å². The van der Waals surface area contributed by atoms with Gasteiger partial charge in [0.25, 0.3) is 0 Å². The third kappa shape index (κ3) is 1.84. The molecule has 1 aromatic heterocycles. The number of hydrogen-bond donors (Lipinski definition) is 1. The number of benzene rings is 1. The summed E-state index contributed by atoms with van der Waals surface area (Å²) in [5, 5.41) is 8.96. The minimum Gasteiger partial charge on any atom is -0.481 e. The van der Waals surface area contributed by atoms with E-state index in [0.717, 1.165) is 6.07 Å². The standard InChI is InChI=1S/C11H7F2NO2/c12-8-2-1-7-3-6(4-9(15)16)5-14-11(7)10(8)13/h1-3,5H,4H2,(H,15,16). The van der Waals surface area contributed by atoms with E-state index in [9.17, 15) is 13.6 Å². The monoisotopic (exact) mass is 223 g/mol. The Morgan fingerprint density at radius 3 is 2.81 bits per heavy atom. The molecule has 1 aromatic carbocycles. The van der Waals surface area contributed by atoms with Gasteiger partial charge in [0.1, 0.15) is 5.52 Å². The Morgan fingerprint density at radius 2 is 2.12 bits per heavy atom. The van der Waals surface area contributed by atoms with Crippen molar-refractivity contribution in [3.63, 3.8) is 0 Å². The fourth-order valence-electron chi connectivity index (χ4n) is 1.46. The highest BCUT2D eigenvalue weighted by molar-refractivity contribution is 5.81. The SMILES string of the molecule is O=C(O)Cc1cnc2c(F)c(F)ccc2c1. The van der Waals surface area contributed by atoms with Gasteiger partial charge in [0.2, 0.25) is 0 Å². The van der Waals surface area contributed by atoms with Gasteiger partial charge >= 0.3 is 5.97 Å². The van der Waals surface area contributed by atoms with E-state index in [2.05, 4.69) is 4.98 Å². The average molecular weight is 223 g/mol. The number of aromatic nitrogens is 1. The lowest BCUT2D eigenvalue weighted by Crippen LogP contribution is -2.01. The minimum absolute atomic E-state index is 0.0888. The number of halogens is 2. The molecular formula is C11H7F2NO2. The van der Waals surface area contributed by atoms with E-state index in [1.165, 1.54) is 18.3 Å². The number of aliphatic carboxylic acids is 1. The van der Waals surface area contributed by atoms with Gasteiger partial charge < -0.3 is 5.11 Å². The molecule has 1 N–H and O–H groups in total. The number of hydrogen-bond acceptors (Lipinski definition) is 2. The van der Waals surface area contributed by atoms with Crippen molar-refractivity contribution in [2.45, 2.75) is 6.42 Å². The van der Waals surface area contributed by atoms with Gasteiger partial charge in [0, 0.05) is 11.6 Å². The third-order valence-electron chi connectivity index (χ3n) is 2.16. The van der Waals surface area contributed by atoms with Gasteiger partial charge in [-0.3, -0.25) is 9.78 Å². The molecule has 0 saturated carbocycles. The van der Waals surface area contributed by atoms with Crippen LogP contribution in [0, 0.1) is 11.6 Å². The molecule has 82 valence electrons. The molecule has 0 fully saturated rings. The summed E-state index contributed by atoms with van der Waals surface area (Å²) in [7, 11) is 0. The first-order valence-corrected chi connectivity index (χ1v) is 4.52. The molecule has 1 heterocycles. The number of fused-ring (bicyclic) bond motifs is 1. The van der Waals surface area contributed by atoms with Crippen molar-refractivity contribution in [3.05, 3.63) is 41.6 Å². The topological polar surface area (TPSA) is 50.2 Å². The smallest absolute Gasteiger partial charge is 0.307 e. The van der Waals surface area contributed by atoms with Gasteiger partial charge in [-0.1, -0.05) is 0 Å². The van der Waals surface area contributed by atoms with Crippen molar-refractivity contribution >= 4 is 16.9 Å². The maximum Gasteiger partial charge on any atom is 0.307 e. The second-order valence-corrected chi connectivity index (χ2v) is 3.35. The average Bonchev–Trinajstić information content (AvgIpc) is 2.23. The molecule has 2 aromatic rings. The molecule has 0 amide bonds. The lowest BCUT2D eigenvalue weighted by Gasteiger charge is -2.02. The molecule has 2 rings (SSSR count). The van der Waals surface area contributed by atoms with Crippen molar-refractivity contribution < 1.29 is 18.7 Å². The van der Waals surface area contributed by atoms with Crippen molar-refractivity contribution in [2.24, 2.45) is 0 Å². The summed E-state index contributed by atoms with van der Waals surface area (Å²) in [4.78, 5) is 14.2. The fraction of sp³-hybridized carbons (Fsp3) is 0.0909. The molecule has 0 aliphatic rings. The van der Waals surface area contributed by atoms with Crippen LogP contribution in [0.25, 0.3) is 10.9 Å². The molecule has 0 atom stereocenters. The van der Waals surface area contributed by atoms with Crippen LogP contribution in [0.3, 0.4) is 0 Å². The predicted octanol–water partition coefficient (Wildman–Crippen LogP) is 2.14. The zero-order valence-electron chi connectivity index (χ0n) is 8.08. The third-order valence-corrected chi connectivity index (χ3v) is 2.16. The van der Waals surface area contributed by atoms with E-state index in [4.69, 9.17) is 5.11 Å². The molecule has 0 aliphatic heterocycles. The number of rotatable bonds is 2. The Kier molecular flexibility index (Phi) is 2.52. The molecule has 0 aliphatic carbocycles. The maximum absolute atomic E-state index is 13.2. The molecule has 0 saturated heterocycles. The minimum atomic E-state index is -1.01. The molecule has 3 nitrogen and oxygen atoms in total. The van der Waals surface area contributed by atoms with Crippen molar-refractivity contribution in [1.29, 1.82) is 0 Å². The van der Waals surface area contributed by atoms with Gasteiger partial charge in [-0.15, -0.1) is 0 Å². The Labute approximate surface area is 89.3 Å². The Hall–Kier alpha value is -2.04. The van der Waals surface area contributed by atoms with Crippen LogP contribution in [0.2, 0.25) is 0 Å². The quantitative estimate of drug-likeness (QED) is 0.848. The van der Waals surface area contributed by atoms with Gasteiger partial charge in [0.05, 0.1) is 6.42 Å². The summed E-state index contributed by atoms with van der Waals surface area (Å²) < 4.78 is 26.1. The summed E-state index contributed by atoms with van der Waals surface area (Å²) in [6.07, 6.45) is 1.04. The summed E-state index contributed by atoms with van der Waals surface area (Å²) in [6, 6.07) is 3.84. The zero-order chi connectivity index (χ0) is 11.7. The highest BCUT2D eigenvalue weighted by atomic mass is 19.2. The van der Waals surface area contributed by atoms with Crippen LogP contribution in [-0.4, -0.2) is 16.1 Å². The van der Waals surface area contributed by atoms with E-state index in [1.54, 1.807) is 0 Å². The van der Waals surface area contributed by atoms with E-state index < -0.39 is 17.6 Å². The molecule has 16 heavy (non-hydrogen) atoms. The van der Waals surface area contributed by atoms with Crippen LogP contribution in [0.4, 0.5) is 8.78 Å². The van der Waals surface area contributed by atoms with E-state index in [-0.39, 0.29) is 11.9 Å². The van der Waals surface area contributed by atoms with Crippen LogP contribution >= 0.6 is 0 Å². The normalized spacial score (nSPS) is 10.6.